The van der Waals surface area contributed by atoms with Crippen molar-refractivity contribution in [1.29, 1.82) is 0 Å². The van der Waals surface area contributed by atoms with Gasteiger partial charge in [-0.3, -0.25) is 9.78 Å². The van der Waals surface area contributed by atoms with E-state index in [2.05, 4.69) is 43.0 Å². The van der Waals surface area contributed by atoms with E-state index in [1.54, 1.807) is 19.5 Å². The molecule has 1 aromatic carbocycles. The molecule has 1 N–H and O–H groups in total. The van der Waals surface area contributed by atoms with Crippen molar-refractivity contribution in [3.05, 3.63) is 48.4 Å². The third-order valence-corrected chi connectivity index (χ3v) is 6.71. The first-order chi connectivity index (χ1) is 14.7. The highest BCUT2D eigenvalue weighted by molar-refractivity contribution is 5.86. The summed E-state index contributed by atoms with van der Waals surface area (Å²) in [6, 6.07) is 8.29. The number of piperidine rings is 2. The molecule has 1 spiro atoms. The number of hydrogen-bond acceptors (Lipinski definition) is 5. The Kier molecular flexibility index (Phi) is 4.81. The van der Waals surface area contributed by atoms with Crippen LogP contribution in [0.1, 0.15) is 31.2 Å². The molecule has 7 heteroatoms. The maximum Gasteiger partial charge on any atom is 0.233 e. The average Bonchev–Trinajstić information content (AvgIpc) is 3.20. The van der Waals surface area contributed by atoms with Gasteiger partial charge < -0.3 is 19.5 Å². The molecule has 2 aliphatic heterocycles. The van der Waals surface area contributed by atoms with E-state index in [1.165, 1.54) is 10.9 Å². The zero-order chi connectivity index (χ0) is 20.6. The van der Waals surface area contributed by atoms with Crippen molar-refractivity contribution in [2.24, 2.45) is 5.41 Å². The van der Waals surface area contributed by atoms with Gasteiger partial charge in [-0.1, -0.05) is 18.2 Å². The first kappa shape index (κ1) is 18.9. The number of fused-ring (bicyclic) bond motifs is 1. The van der Waals surface area contributed by atoms with Gasteiger partial charge in [0.1, 0.15) is 0 Å². The molecule has 0 atom stereocenters. The minimum atomic E-state index is -0.243. The molecule has 2 aromatic heterocycles. The monoisotopic (exact) mass is 405 g/mol. The van der Waals surface area contributed by atoms with Gasteiger partial charge in [-0.2, -0.15) is 4.98 Å². The third-order valence-electron chi connectivity index (χ3n) is 6.71. The van der Waals surface area contributed by atoms with Gasteiger partial charge in [-0.05, 0) is 37.3 Å². The highest BCUT2D eigenvalue weighted by Gasteiger charge is 2.45. The number of carbonyl (C=O) groups excluding carboxylic acids is 1. The number of aromatic nitrogens is 3. The zero-order valence-corrected chi connectivity index (χ0v) is 17.3. The summed E-state index contributed by atoms with van der Waals surface area (Å²) in [6.07, 6.45) is 9.18. The number of nitrogens with zero attached hydrogens (tertiary/aromatic N) is 4. The molecule has 156 valence electrons. The smallest absolute Gasteiger partial charge is 0.233 e. The van der Waals surface area contributed by atoms with Gasteiger partial charge in [0.25, 0.3) is 0 Å². The second-order valence-corrected chi connectivity index (χ2v) is 8.38. The van der Waals surface area contributed by atoms with E-state index in [0.717, 1.165) is 56.7 Å². The fraction of sp³-hybridized carbons (Fsp3) is 0.435. The summed E-state index contributed by atoms with van der Waals surface area (Å²) in [5, 5.41) is 1.20. The van der Waals surface area contributed by atoms with Gasteiger partial charge in [-0.25, -0.2) is 0 Å². The molecule has 2 fully saturated rings. The Morgan fingerprint density at radius 3 is 2.80 bits per heavy atom. The molecule has 3 aromatic rings. The Hall–Kier alpha value is -3.09. The molecular formula is C23H27N5O2. The fourth-order valence-corrected chi connectivity index (χ4v) is 4.99. The van der Waals surface area contributed by atoms with Crippen LogP contribution in [0, 0.1) is 5.41 Å². The second kappa shape index (κ2) is 7.63. The number of methoxy groups -OCH3 is 1. The molecule has 4 heterocycles. The molecule has 0 radical (unpaired) electrons. The van der Waals surface area contributed by atoms with Crippen molar-refractivity contribution in [2.75, 3.05) is 31.6 Å². The lowest BCUT2D eigenvalue weighted by Crippen LogP contribution is -2.53. The van der Waals surface area contributed by atoms with Crippen LogP contribution in [0.2, 0.25) is 0 Å². The van der Waals surface area contributed by atoms with Crippen molar-refractivity contribution in [3.63, 3.8) is 0 Å². The number of ether oxygens (including phenoxy) is 1. The fourth-order valence-electron chi connectivity index (χ4n) is 4.99. The van der Waals surface area contributed by atoms with Crippen molar-refractivity contribution in [1.82, 2.24) is 19.9 Å². The van der Waals surface area contributed by atoms with Crippen LogP contribution in [0.4, 0.5) is 5.82 Å². The number of carbonyl (C=O) groups is 1. The van der Waals surface area contributed by atoms with E-state index in [0.29, 0.717) is 18.3 Å². The van der Waals surface area contributed by atoms with Crippen LogP contribution >= 0.6 is 0 Å². The Labute approximate surface area is 176 Å². The van der Waals surface area contributed by atoms with Crippen LogP contribution in [-0.4, -0.2) is 52.5 Å². The van der Waals surface area contributed by atoms with Crippen molar-refractivity contribution < 1.29 is 9.53 Å². The predicted octanol–water partition coefficient (Wildman–Crippen LogP) is 3.38. The van der Waals surface area contributed by atoms with Gasteiger partial charge in [0.05, 0.1) is 24.9 Å². The molecule has 0 unspecified atom stereocenters. The highest BCUT2D eigenvalue weighted by atomic mass is 16.5. The molecule has 5 rings (SSSR count). The summed E-state index contributed by atoms with van der Waals surface area (Å²) >= 11 is 0. The number of para-hydroxylation sites is 1. The molecule has 2 saturated heterocycles. The van der Waals surface area contributed by atoms with Gasteiger partial charge >= 0.3 is 0 Å². The van der Waals surface area contributed by atoms with Crippen LogP contribution in [0.3, 0.4) is 0 Å². The Balaban J connectivity index is 1.30. The molecule has 30 heavy (non-hydrogen) atoms. The van der Waals surface area contributed by atoms with Crippen LogP contribution < -0.4 is 9.64 Å². The Bertz CT molecular complexity index is 1050. The van der Waals surface area contributed by atoms with Gasteiger partial charge in [0.15, 0.2) is 5.82 Å². The first-order valence-electron chi connectivity index (χ1n) is 10.6. The summed E-state index contributed by atoms with van der Waals surface area (Å²) in [7, 11) is 1.60. The van der Waals surface area contributed by atoms with Crippen molar-refractivity contribution >= 4 is 22.6 Å². The number of anilines is 1. The number of rotatable bonds is 4. The van der Waals surface area contributed by atoms with Crippen molar-refractivity contribution in [2.45, 2.75) is 32.2 Å². The van der Waals surface area contributed by atoms with Gasteiger partial charge in [0, 0.05) is 43.3 Å². The lowest BCUT2D eigenvalue weighted by Gasteiger charge is -2.46. The predicted molar refractivity (Wildman–Crippen MR) is 115 cm³/mol. The number of aromatic amines is 1. The van der Waals surface area contributed by atoms with E-state index >= 15 is 0 Å². The minimum Gasteiger partial charge on any atom is -0.480 e. The van der Waals surface area contributed by atoms with Crippen LogP contribution in [0.15, 0.2) is 42.9 Å². The van der Waals surface area contributed by atoms with Crippen LogP contribution in [-0.2, 0) is 11.3 Å². The molecule has 0 bridgehead atoms. The number of nitrogens with one attached hydrogen (secondary N) is 1. The molecule has 2 aliphatic rings. The van der Waals surface area contributed by atoms with Gasteiger partial charge in [-0.15, -0.1) is 0 Å². The van der Waals surface area contributed by atoms with Gasteiger partial charge in [0.2, 0.25) is 11.8 Å². The van der Waals surface area contributed by atoms with E-state index in [9.17, 15) is 4.79 Å². The Morgan fingerprint density at radius 2 is 1.97 bits per heavy atom. The summed E-state index contributed by atoms with van der Waals surface area (Å²) in [5.41, 5.74) is 2.08. The number of benzene rings is 1. The maximum absolute atomic E-state index is 13.6. The number of hydrogen-bond donors (Lipinski definition) is 1. The third kappa shape index (κ3) is 3.28. The zero-order valence-electron chi connectivity index (χ0n) is 17.3. The molecule has 0 saturated carbocycles. The summed E-state index contributed by atoms with van der Waals surface area (Å²) < 4.78 is 5.20. The molecule has 7 nitrogen and oxygen atoms in total. The molecule has 1 amide bonds. The maximum atomic E-state index is 13.6. The summed E-state index contributed by atoms with van der Waals surface area (Å²) in [6.45, 7) is 3.14. The Morgan fingerprint density at radius 1 is 1.13 bits per heavy atom. The quantitative estimate of drug-likeness (QED) is 0.720. The normalized spacial score (nSPS) is 18.9. The largest absolute Gasteiger partial charge is 0.480 e. The van der Waals surface area contributed by atoms with Crippen LogP contribution in [0.5, 0.6) is 5.88 Å². The van der Waals surface area contributed by atoms with E-state index < -0.39 is 0 Å². The summed E-state index contributed by atoms with van der Waals surface area (Å²) in [5.74, 6) is 1.66. The summed E-state index contributed by atoms with van der Waals surface area (Å²) in [4.78, 5) is 29.9. The second-order valence-electron chi connectivity index (χ2n) is 8.38. The SMILES string of the molecule is COc1cncc(N2CCC3(CCCN(Cc4c[nH]c5ccccc45)C3=O)CC2)n1. The van der Waals surface area contributed by atoms with E-state index in [1.807, 2.05) is 12.3 Å². The lowest BCUT2D eigenvalue weighted by molar-refractivity contribution is -0.148. The highest BCUT2D eigenvalue weighted by Crippen LogP contribution is 2.42. The first-order valence-corrected chi connectivity index (χ1v) is 10.6. The number of amides is 1. The molecular weight excluding hydrogens is 378 g/mol. The molecule has 0 aliphatic carbocycles. The lowest BCUT2D eigenvalue weighted by atomic mass is 9.71. The average molecular weight is 406 g/mol. The minimum absolute atomic E-state index is 0.243. The number of likely N-dealkylation sites (tertiary alicyclic amines) is 1. The standard InChI is InChI=1S/C23H27N5O2/c1-30-21-15-24-14-20(26-21)27-11-8-23(9-12-27)7-4-10-28(22(23)29)16-17-13-25-19-6-3-2-5-18(17)19/h2-3,5-6,13-15,25H,4,7-12,16H2,1H3. The van der Waals surface area contributed by atoms with Crippen LogP contribution in [0.25, 0.3) is 10.9 Å². The van der Waals surface area contributed by atoms with E-state index in [4.69, 9.17) is 4.74 Å². The number of H-pyrrole nitrogens is 1. The van der Waals surface area contributed by atoms with E-state index in [-0.39, 0.29) is 5.41 Å². The van der Waals surface area contributed by atoms with Crippen molar-refractivity contribution in [3.8, 4) is 5.88 Å². The topological polar surface area (TPSA) is 74.3 Å².